The summed E-state index contributed by atoms with van der Waals surface area (Å²) in [5.74, 6) is 0. The van der Waals surface area contributed by atoms with Crippen LogP contribution in [0.15, 0.2) is 6.20 Å². The Morgan fingerprint density at radius 1 is 1.38 bits per heavy atom. The minimum atomic E-state index is -2.63. The summed E-state index contributed by atoms with van der Waals surface area (Å²) in [4.78, 5) is 0. The van der Waals surface area contributed by atoms with Gasteiger partial charge in [-0.2, -0.15) is 5.10 Å². The molecule has 1 aromatic rings. The molecule has 16 heavy (non-hydrogen) atoms. The van der Waals surface area contributed by atoms with Crippen LogP contribution in [0, 0.1) is 0 Å². The van der Waals surface area contributed by atoms with Crippen LogP contribution >= 0.6 is 0 Å². The monoisotopic (exact) mass is 231 g/mol. The van der Waals surface area contributed by atoms with E-state index in [9.17, 15) is 13.9 Å². The molecule has 0 aliphatic heterocycles. The third-order valence-corrected chi connectivity index (χ3v) is 3.04. The Morgan fingerprint density at radius 2 is 2.00 bits per heavy atom. The summed E-state index contributed by atoms with van der Waals surface area (Å²) in [6.45, 7) is 0. The fourth-order valence-corrected chi connectivity index (χ4v) is 2.10. The molecular formula is C10H15F2N3O. The quantitative estimate of drug-likeness (QED) is 0.816. The summed E-state index contributed by atoms with van der Waals surface area (Å²) in [6, 6.07) is 0.0817. The largest absolute Gasteiger partial charge is 0.396 e. The van der Waals surface area contributed by atoms with Crippen molar-refractivity contribution >= 4 is 5.69 Å². The van der Waals surface area contributed by atoms with E-state index in [1.165, 1.54) is 10.9 Å². The zero-order chi connectivity index (χ0) is 11.7. The molecule has 1 saturated carbocycles. The highest BCUT2D eigenvalue weighted by molar-refractivity contribution is 5.41. The van der Waals surface area contributed by atoms with E-state index in [0.29, 0.717) is 12.8 Å². The van der Waals surface area contributed by atoms with Crippen molar-refractivity contribution in [3.8, 4) is 0 Å². The number of alkyl halides is 2. The number of aromatic nitrogens is 2. The lowest BCUT2D eigenvalue weighted by molar-refractivity contribution is 0.106. The van der Waals surface area contributed by atoms with Crippen LogP contribution in [0.2, 0.25) is 0 Å². The van der Waals surface area contributed by atoms with Crippen LogP contribution in [0.25, 0.3) is 0 Å². The van der Waals surface area contributed by atoms with Crippen LogP contribution in [-0.4, -0.2) is 21.0 Å². The highest BCUT2D eigenvalue weighted by Gasteiger charge is 2.24. The number of anilines is 1. The number of nitrogens with zero attached hydrogens (tertiary/aromatic N) is 2. The molecule has 0 aromatic carbocycles. The highest BCUT2D eigenvalue weighted by Crippen LogP contribution is 2.31. The zero-order valence-electron chi connectivity index (χ0n) is 8.81. The van der Waals surface area contributed by atoms with Crippen molar-refractivity contribution in [1.29, 1.82) is 0 Å². The topological polar surface area (TPSA) is 64.1 Å². The van der Waals surface area contributed by atoms with Crippen molar-refractivity contribution in [2.45, 2.75) is 44.3 Å². The molecule has 0 amide bonds. The molecule has 0 atom stereocenters. The molecule has 1 heterocycles. The lowest BCUT2D eigenvalue weighted by Gasteiger charge is -2.25. The van der Waals surface area contributed by atoms with Gasteiger partial charge in [-0.15, -0.1) is 0 Å². The van der Waals surface area contributed by atoms with Gasteiger partial charge >= 0.3 is 0 Å². The molecule has 0 bridgehead atoms. The molecule has 90 valence electrons. The first kappa shape index (κ1) is 11.3. The third kappa shape index (κ3) is 2.16. The predicted octanol–water partition coefficient (Wildman–Crippen LogP) is 1.88. The fourth-order valence-electron chi connectivity index (χ4n) is 2.10. The van der Waals surface area contributed by atoms with Gasteiger partial charge in [-0.1, -0.05) is 0 Å². The van der Waals surface area contributed by atoms with Crippen LogP contribution in [-0.2, 0) is 0 Å². The molecule has 3 N–H and O–H groups in total. The molecule has 1 aliphatic carbocycles. The van der Waals surface area contributed by atoms with Crippen LogP contribution in [0.4, 0.5) is 14.5 Å². The average molecular weight is 231 g/mol. The summed E-state index contributed by atoms with van der Waals surface area (Å²) in [6.07, 6.45) is 1.46. The average Bonchev–Trinajstić information content (AvgIpc) is 2.61. The van der Waals surface area contributed by atoms with Gasteiger partial charge in [0.2, 0.25) is 0 Å². The molecule has 4 nitrogen and oxygen atoms in total. The van der Waals surface area contributed by atoms with E-state index in [4.69, 9.17) is 5.73 Å². The second-order valence-electron chi connectivity index (χ2n) is 4.21. The van der Waals surface area contributed by atoms with E-state index < -0.39 is 6.43 Å². The molecule has 1 fully saturated rings. The second kappa shape index (κ2) is 4.37. The Balaban J connectivity index is 2.12. The maximum absolute atomic E-state index is 12.5. The van der Waals surface area contributed by atoms with Gasteiger partial charge in [0.1, 0.15) is 0 Å². The summed E-state index contributed by atoms with van der Waals surface area (Å²) >= 11 is 0. The first-order chi connectivity index (χ1) is 7.58. The van der Waals surface area contributed by atoms with Crippen LogP contribution in [0.3, 0.4) is 0 Å². The number of nitrogen functional groups attached to an aromatic ring is 1. The van der Waals surface area contributed by atoms with Crippen LogP contribution in [0.5, 0.6) is 0 Å². The number of hydrogen-bond acceptors (Lipinski definition) is 3. The highest BCUT2D eigenvalue weighted by atomic mass is 19.3. The zero-order valence-corrected chi connectivity index (χ0v) is 8.81. The number of hydrogen-bond donors (Lipinski definition) is 2. The van der Waals surface area contributed by atoms with E-state index in [0.717, 1.165) is 12.8 Å². The molecule has 0 spiro atoms. The number of aliphatic hydroxyl groups excluding tert-OH is 1. The third-order valence-electron chi connectivity index (χ3n) is 3.04. The first-order valence-corrected chi connectivity index (χ1v) is 5.38. The van der Waals surface area contributed by atoms with Gasteiger partial charge in [-0.25, -0.2) is 8.78 Å². The summed E-state index contributed by atoms with van der Waals surface area (Å²) in [7, 11) is 0. The van der Waals surface area contributed by atoms with Gasteiger partial charge in [0, 0.05) is 6.20 Å². The van der Waals surface area contributed by atoms with E-state index >= 15 is 0 Å². The predicted molar refractivity (Wildman–Crippen MR) is 55.1 cm³/mol. The van der Waals surface area contributed by atoms with Crippen molar-refractivity contribution in [3.63, 3.8) is 0 Å². The van der Waals surface area contributed by atoms with Crippen molar-refractivity contribution < 1.29 is 13.9 Å². The SMILES string of the molecule is Nc1cn(C2CCC(O)CC2)nc1C(F)F. The smallest absolute Gasteiger partial charge is 0.284 e. The van der Waals surface area contributed by atoms with Gasteiger partial charge in [0.05, 0.1) is 17.8 Å². The van der Waals surface area contributed by atoms with Gasteiger partial charge < -0.3 is 10.8 Å². The minimum absolute atomic E-state index is 0.0427. The minimum Gasteiger partial charge on any atom is -0.396 e. The Hall–Kier alpha value is -1.17. The molecule has 0 saturated heterocycles. The molecule has 1 aliphatic rings. The van der Waals surface area contributed by atoms with Gasteiger partial charge in [-0.3, -0.25) is 4.68 Å². The Morgan fingerprint density at radius 3 is 2.50 bits per heavy atom. The van der Waals surface area contributed by atoms with Crippen LogP contribution in [0.1, 0.15) is 43.8 Å². The van der Waals surface area contributed by atoms with Crippen LogP contribution < -0.4 is 5.73 Å². The van der Waals surface area contributed by atoms with Crippen molar-refractivity contribution in [1.82, 2.24) is 9.78 Å². The van der Waals surface area contributed by atoms with Gasteiger partial charge in [-0.05, 0) is 25.7 Å². The lowest BCUT2D eigenvalue weighted by Crippen LogP contribution is -2.21. The molecular weight excluding hydrogens is 216 g/mol. The normalized spacial score (nSPS) is 26.2. The van der Waals surface area contributed by atoms with Gasteiger partial charge in [0.15, 0.2) is 5.69 Å². The Labute approximate surface area is 92.1 Å². The first-order valence-electron chi connectivity index (χ1n) is 5.38. The standard InChI is InChI=1S/C10H15F2N3O/c11-10(12)9-8(13)5-15(14-9)6-1-3-7(16)4-2-6/h5-7,10,16H,1-4,13H2. The van der Waals surface area contributed by atoms with E-state index in [1.807, 2.05) is 0 Å². The summed E-state index contributed by atoms with van der Waals surface area (Å²) in [5.41, 5.74) is 5.16. The van der Waals surface area contributed by atoms with Crippen molar-refractivity contribution in [2.75, 3.05) is 5.73 Å². The maximum atomic E-state index is 12.5. The lowest BCUT2D eigenvalue weighted by atomic mass is 9.93. The number of aliphatic hydroxyl groups is 1. The van der Waals surface area contributed by atoms with E-state index in [1.54, 1.807) is 0 Å². The van der Waals surface area contributed by atoms with Gasteiger partial charge in [0.25, 0.3) is 6.43 Å². The van der Waals surface area contributed by atoms with Crippen molar-refractivity contribution in [2.24, 2.45) is 0 Å². The molecule has 1 aromatic heterocycles. The van der Waals surface area contributed by atoms with E-state index in [2.05, 4.69) is 5.10 Å². The van der Waals surface area contributed by atoms with Crippen molar-refractivity contribution in [3.05, 3.63) is 11.9 Å². The Bertz CT molecular complexity index is 359. The number of halogens is 2. The summed E-state index contributed by atoms with van der Waals surface area (Å²) in [5, 5.41) is 13.2. The molecule has 6 heteroatoms. The maximum Gasteiger partial charge on any atom is 0.284 e. The second-order valence-corrected chi connectivity index (χ2v) is 4.21. The number of rotatable bonds is 2. The molecule has 2 rings (SSSR count). The Kier molecular flexibility index (Phi) is 3.09. The van der Waals surface area contributed by atoms with E-state index in [-0.39, 0.29) is 23.5 Å². The molecule has 0 unspecified atom stereocenters. The number of nitrogens with two attached hydrogens (primary N) is 1. The summed E-state index contributed by atoms with van der Waals surface area (Å²) < 4.78 is 26.5. The fraction of sp³-hybridized carbons (Fsp3) is 0.700. The molecule has 0 radical (unpaired) electrons.